The fourth-order valence-corrected chi connectivity index (χ4v) is 2.82. The maximum atomic E-state index is 12.5. The first-order chi connectivity index (χ1) is 12.3. The van der Waals surface area contributed by atoms with Gasteiger partial charge in [-0.15, -0.1) is 0 Å². The summed E-state index contributed by atoms with van der Waals surface area (Å²) < 4.78 is 47.7. The first kappa shape index (κ1) is 19.5. The van der Waals surface area contributed by atoms with Gasteiger partial charge in [0.2, 0.25) is 9.84 Å². The van der Waals surface area contributed by atoms with E-state index in [1.807, 2.05) is 0 Å². The molecule has 0 heterocycles. The molecule has 138 valence electrons. The van der Waals surface area contributed by atoms with Gasteiger partial charge >= 0.3 is 5.76 Å². The van der Waals surface area contributed by atoms with Crippen molar-refractivity contribution in [2.24, 2.45) is 0 Å². The van der Waals surface area contributed by atoms with E-state index in [0.29, 0.717) is 17.8 Å². The van der Waals surface area contributed by atoms with E-state index in [-0.39, 0.29) is 11.5 Å². The topological polar surface area (TPSA) is 92.3 Å². The molecule has 0 saturated carbocycles. The Morgan fingerprint density at radius 3 is 2.23 bits per heavy atom. The predicted octanol–water partition coefficient (Wildman–Crippen LogP) is 2.68. The van der Waals surface area contributed by atoms with Gasteiger partial charge in [0.1, 0.15) is 0 Å². The second-order valence-corrected chi connectivity index (χ2v) is 7.14. The van der Waals surface area contributed by atoms with Crippen molar-refractivity contribution in [3.63, 3.8) is 0 Å². The van der Waals surface area contributed by atoms with Crippen molar-refractivity contribution in [1.29, 1.82) is 0 Å². The molecule has 0 saturated heterocycles. The van der Waals surface area contributed by atoms with Crippen LogP contribution in [0.1, 0.15) is 27.6 Å². The van der Waals surface area contributed by atoms with Gasteiger partial charge < -0.3 is 10.6 Å². The number of sulfone groups is 1. The molecular weight excluding hydrogens is 366 g/mol. The molecule has 0 aliphatic carbocycles. The number of rotatable bonds is 6. The van der Waals surface area contributed by atoms with Gasteiger partial charge in [0.25, 0.3) is 11.8 Å². The highest BCUT2D eigenvalue weighted by atomic mass is 32.2. The van der Waals surface area contributed by atoms with Crippen LogP contribution in [-0.2, 0) is 9.84 Å². The van der Waals surface area contributed by atoms with E-state index < -0.39 is 26.4 Å². The van der Waals surface area contributed by atoms with E-state index in [2.05, 4.69) is 10.6 Å². The van der Waals surface area contributed by atoms with Gasteiger partial charge in [0, 0.05) is 23.4 Å². The average Bonchev–Trinajstić information content (AvgIpc) is 2.62. The van der Waals surface area contributed by atoms with Crippen molar-refractivity contribution in [2.75, 3.05) is 11.9 Å². The number of alkyl halides is 2. The van der Waals surface area contributed by atoms with Gasteiger partial charge in [-0.2, -0.15) is 8.78 Å². The molecule has 0 radical (unpaired) electrons. The lowest BCUT2D eigenvalue weighted by Gasteiger charge is -2.08. The van der Waals surface area contributed by atoms with E-state index in [0.717, 1.165) is 24.3 Å². The number of amides is 2. The van der Waals surface area contributed by atoms with Gasteiger partial charge in [-0.25, -0.2) is 8.42 Å². The highest BCUT2D eigenvalue weighted by molar-refractivity contribution is 7.91. The number of carbonyl (C=O) groups is 2. The second-order valence-electron chi connectivity index (χ2n) is 5.22. The zero-order valence-corrected chi connectivity index (χ0v) is 14.5. The number of hydrogen-bond donors (Lipinski definition) is 2. The van der Waals surface area contributed by atoms with Crippen molar-refractivity contribution in [2.45, 2.75) is 17.6 Å². The van der Waals surface area contributed by atoms with Crippen molar-refractivity contribution < 1.29 is 26.8 Å². The van der Waals surface area contributed by atoms with Crippen LogP contribution in [0.25, 0.3) is 0 Å². The molecule has 0 unspecified atom stereocenters. The molecule has 0 aliphatic rings. The van der Waals surface area contributed by atoms with Crippen LogP contribution in [0.3, 0.4) is 0 Å². The molecule has 0 aliphatic heterocycles. The number of benzene rings is 2. The maximum absolute atomic E-state index is 12.5. The van der Waals surface area contributed by atoms with E-state index in [9.17, 15) is 26.8 Å². The normalized spacial score (nSPS) is 11.2. The van der Waals surface area contributed by atoms with Crippen LogP contribution in [-0.4, -0.2) is 32.5 Å². The number of halogens is 2. The molecule has 0 fully saturated rings. The van der Waals surface area contributed by atoms with Gasteiger partial charge in [0.05, 0.1) is 4.90 Å². The van der Waals surface area contributed by atoms with Crippen LogP contribution >= 0.6 is 0 Å². The van der Waals surface area contributed by atoms with Gasteiger partial charge in [0.15, 0.2) is 0 Å². The summed E-state index contributed by atoms with van der Waals surface area (Å²) in [6.07, 6.45) is 0. The second kappa shape index (κ2) is 8.05. The Morgan fingerprint density at radius 2 is 1.65 bits per heavy atom. The Morgan fingerprint density at radius 1 is 1.00 bits per heavy atom. The zero-order valence-electron chi connectivity index (χ0n) is 13.7. The Balaban J connectivity index is 2.16. The third-order valence-corrected chi connectivity index (χ3v) is 4.80. The summed E-state index contributed by atoms with van der Waals surface area (Å²) >= 11 is 0. The molecule has 2 N–H and O–H groups in total. The number of nitrogens with one attached hydrogen (secondary N) is 2. The average molecular weight is 382 g/mol. The Hall–Kier alpha value is -2.81. The fourth-order valence-electron chi connectivity index (χ4n) is 2.10. The minimum absolute atomic E-state index is 0.0848. The number of anilines is 1. The summed E-state index contributed by atoms with van der Waals surface area (Å²) in [5.41, 5.74) is 0.813. The molecule has 26 heavy (non-hydrogen) atoms. The number of carbonyl (C=O) groups excluding carboxylic acids is 2. The maximum Gasteiger partial charge on any atom is 0.341 e. The van der Waals surface area contributed by atoms with E-state index >= 15 is 0 Å². The lowest BCUT2D eigenvalue weighted by Crippen LogP contribution is -2.22. The highest BCUT2D eigenvalue weighted by Crippen LogP contribution is 2.19. The minimum atomic E-state index is -4.71. The van der Waals surface area contributed by atoms with Crippen LogP contribution in [0.5, 0.6) is 0 Å². The van der Waals surface area contributed by atoms with E-state index in [1.165, 1.54) is 6.07 Å². The summed E-state index contributed by atoms with van der Waals surface area (Å²) in [5.74, 6) is -4.39. The zero-order chi connectivity index (χ0) is 19.3. The molecule has 2 amide bonds. The predicted molar refractivity (Wildman–Crippen MR) is 92.0 cm³/mol. The molecule has 0 atom stereocenters. The van der Waals surface area contributed by atoms with Crippen LogP contribution in [0, 0.1) is 0 Å². The van der Waals surface area contributed by atoms with Crippen molar-refractivity contribution in [3.05, 3.63) is 59.7 Å². The Kier molecular flexibility index (Phi) is 6.04. The first-order valence-corrected chi connectivity index (χ1v) is 9.12. The lowest BCUT2D eigenvalue weighted by atomic mass is 10.1. The molecule has 0 bridgehead atoms. The Bertz CT molecular complexity index is 913. The monoisotopic (exact) mass is 382 g/mol. The largest absolute Gasteiger partial charge is 0.352 e. The van der Waals surface area contributed by atoms with E-state index in [1.54, 1.807) is 25.1 Å². The van der Waals surface area contributed by atoms with Crippen LogP contribution in [0.15, 0.2) is 53.4 Å². The molecule has 2 rings (SSSR count). The molecule has 0 aromatic heterocycles. The third kappa shape index (κ3) is 4.42. The molecule has 9 heteroatoms. The molecule has 2 aromatic carbocycles. The Labute approximate surface area is 149 Å². The molecule has 0 spiro atoms. The smallest absolute Gasteiger partial charge is 0.341 e. The van der Waals surface area contributed by atoms with Crippen molar-refractivity contribution in [3.8, 4) is 0 Å². The fraction of sp³-hybridized carbons (Fsp3) is 0.176. The standard InChI is InChI=1S/C17H16F2N2O4S/c1-2-20-15(22)12-4-3-5-13(10-12)21-16(23)11-6-8-14(9-7-11)26(24,25)17(18)19/h3-10,17H,2H2,1H3,(H,20,22)(H,21,23). The molecule has 6 nitrogen and oxygen atoms in total. The lowest BCUT2D eigenvalue weighted by molar-refractivity contribution is 0.0954. The van der Waals surface area contributed by atoms with Crippen LogP contribution in [0.4, 0.5) is 14.5 Å². The minimum Gasteiger partial charge on any atom is -0.352 e. The van der Waals surface area contributed by atoms with Crippen molar-refractivity contribution >= 4 is 27.3 Å². The van der Waals surface area contributed by atoms with Crippen molar-refractivity contribution in [1.82, 2.24) is 5.32 Å². The van der Waals surface area contributed by atoms with Crippen LogP contribution in [0.2, 0.25) is 0 Å². The van der Waals surface area contributed by atoms with Gasteiger partial charge in [-0.05, 0) is 49.4 Å². The molecule has 2 aromatic rings. The summed E-state index contributed by atoms with van der Waals surface area (Å²) in [6, 6.07) is 10.4. The third-order valence-electron chi connectivity index (χ3n) is 3.40. The van der Waals surface area contributed by atoms with E-state index in [4.69, 9.17) is 0 Å². The van der Waals surface area contributed by atoms with Gasteiger partial charge in [-0.3, -0.25) is 9.59 Å². The first-order valence-electron chi connectivity index (χ1n) is 7.57. The quantitative estimate of drug-likeness (QED) is 0.803. The summed E-state index contributed by atoms with van der Waals surface area (Å²) in [7, 11) is -4.71. The summed E-state index contributed by atoms with van der Waals surface area (Å²) in [6.45, 7) is 2.24. The summed E-state index contributed by atoms with van der Waals surface area (Å²) in [4.78, 5) is 23.4. The van der Waals surface area contributed by atoms with Gasteiger partial charge in [-0.1, -0.05) is 6.07 Å². The van der Waals surface area contributed by atoms with Crippen LogP contribution < -0.4 is 10.6 Å². The number of hydrogen-bond acceptors (Lipinski definition) is 4. The highest BCUT2D eigenvalue weighted by Gasteiger charge is 2.26. The summed E-state index contributed by atoms with van der Waals surface area (Å²) in [5, 5.41) is 5.19. The SMILES string of the molecule is CCNC(=O)c1cccc(NC(=O)c2ccc(S(=O)(=O)C(F)F)cc2)c1. The molecular formula is C17H16F2N2O4S.